The van der Waals surface area contributed by atoms with Crippen LogP contribution in [0.3, 0.4) is 0 Å². The van der Waals surface area contributed by atoms with Gasteiger partial charge in [0, 0.05) is 29.7 Å². The molecule has 1 N–H and O–H groups in total. The van der Waals surface area contributed by atoms with E-state index in [1.54, 1.807) is 11.3 Å². The topological polar surface area (TPSA) is 51.2 Å². The fourth-order valence-corrected chi connectivity index (χ4v) is 3.68. The van der Waals surface area contributed by atoms with Crippen molar-refractivity contribution in [2.45, 2.75) is 44.9 Å². The van der Waals surface area contributed by atoms with Crippen molar-refractivity contribution >= 4 is 22.4 Å². The molecule has 104 valence electrons. The van der Waals surface area contributed by atoms with E-state index in [1.807, 2.05) is 13.1 Å². The molecule has 1 aliphatic carbocycles. The number of aromatic nitrogens is 1. The van der Waals surface area contributed by atoms with Gasteiger partial charge in [0.2, 0.25) is 5.91 Å². The van der Waals surface area contributed by atoms with E-state index in [9.17, 15) is 4.79 Å². The monoisotopic (exact) mass is 280 g/mol. The van der Waals surface area contributed by atoms with Gasteiger partial charge >= 0.3 is 0 Å². The molecule has 4 nitrogen and oxygen atoms in total. The second-order valence-electron chi connectivity index (χ2n) is 5.82. The van der Waals surface area contributed by atoms with Gasteiger partial charge in [-0.15, -0.1) is 11.3 Å². The number of hydrogen-bond acceptors (Lipinski definition) is 4. The number of ether oxygens (including phenoxy) is 1. The maximum absolute atomic E-state index is 12.1. The molecule has 19 heavy (non-hydrogen) atoms. The smallest absolute Gasteiger partial charge is 0.232 e. The van der Waals surface area contributed by atoms with Crippen LogP contribution in [0, 0.1) is 5.41 Å². The number of amides is 1. The lowest BCUT2D eigenvalue weighted by atomic mass is 9.70. The molecule has 0 unspecified atom stereocenters. The van der Waals surface area contributed by atoms with E-state index < -0.39 is 0 Å². The van der Waals surface area contributed by atoms with Crippen LogP contribution in [0.15, 0.2) is 6.20 Å². The number of rotatable bonds is 3. The molecule has 2 fully saturated rings. The van der Waals surface area contributed by atoms with Crippen LogP contribution < -0.4 is 5.32 Å². The summed E-state index contributed by atoms with van der Waals surface area (Å²) in [7, 11) is 0. The number of thiazole rings is 1. The van der Waals surface area contributed by atoms with Gasteiger partial charge in [-0.05, 0) is 31.6 Å². The molecule has 0 atom stereocenters. The predicted octanol–water partition coefficient (Wildman–Crippen LogP) is 3.17. The van der Waals surface area contributed by atoms with E-state index in [2.05, 4.69) is 10.3 Å². The molecule has 1 aliphatic heterocycles. The van der Waals surface area contributed by atoms with Crippen molar-refractivity contribution in [3.63, 3.8) is 0 Å². The Morgan fingerprint density at radius 2 is 2.21 bits per heavy atom. The Bertz CT molecular complexity index is 462. The molecule has 2 heterocycles. The van der Waals surface area contributed by atoms with Crippen molar-refractivity contribution in [1.82, 2.24) is 4.98 Å². The minimum Gasteiger partial charge on any atom is -0.381 e. The zero-order valence-electron chi connectivity index (χ0n) is 11.3. The van der Waals surface area contributed by atoms with Crippen molar-refractivity contribution < 1.29 is 9.53 Å². The number of nitrogens with zero attached hydrogens (tertiary/aromatic N) is 1. The quantitative estimate of drug-likeness (QED) is 0.925. The van der Waals surface area contributed by atoms with Gasteiger partial charge in [-0.2, -0.15) is 0 Å². The Morgan fingerprint density at radius 1 is 1.47 bits per heavy atom. The van der Waals surface area contributed by atoms with Crippen LogP contribution in [0.25, 0.3) is 0 Å². The summed E-state index contributed by atoms with van der Waals surface area (Å²) < 4.78 is 5.37. The van der Waals surface area contributed by atoms with Crippen LogP contribution in [-0.4, -0.2) is 24.1 Å². The molecule has 2 aliphatic rings. The van der Waals surface area contributed by atoms with Gasteiger partial charge in [0.25, 0.3) is 0 Å². The van der Waals surface area contributed by atoms with Gasteiger partial charge in [0.05, 0.1) is 0 Å². The number of carbonyl (C=O) groups excluding carboxylic acids is 1. The Balaban J connectivity index is 1.62. The van der Waals surface area contributed by atoms with Crippen LogP contribution in [0.1, 0.15) is 49.8 Å². The third kappa shape index (κ3) is 2.67. The van der Waals surface area contributed by atoms with Gasteiger partial charge in [0.15, 0.2) is 5.13 Å². The molecular formula is C14H20N2O2S. The fourth-order valence-electron chi connectivity index (χ4n) is 2.70. The molecule has 1 saturated carbocycles. The first kappa shape index (κ1) is 13.1. The Kier molecular flexibility index (Phi) is 3.58. The van der Waals surface area contributed by atoms with Crippen molar-refractivity contribution in [2.24, 2.45) is 5.41 Å². The van der Waals surface area contributed by atoms with Crippen molar-refractivity contribution in [2.75, 3.05) is 18.5 Å². The molecule has 1 amide bonds. The van der Waals surface area contributed by atoms with Crippen LogP contribution in [-0.2, 0) is 9.53 Å². The third-order valence-electron chi connectivity index (χ3n) is 4.37. The van der Waals surface area contributed by atoms with Crippen molar-refractivity contribution in [1.29, 1.82) is 0 Å². The minimum absolute atomic E-state index is 0.131. The van der Waals surface area contributed by atoms with Gasteiger partial charge < -0.3 is 10.1 Å². The summed E-state index contributed by atoms with van der Waals surface area (Å²) in [6.07, 6.45) is 7.20. The summed E-state index contributed by atoms with van der Waals surface area (Å²) >= 11 is 1.62. The lowest BCUT2D eigenvalue weighted by Gasteiger charge is -2.36. The average Bonchev–Trinajstić information content (AvgIpc) is 2.85. The third-order valence-corrected chi connectivity index (χ3v) is 5.45. The summed E-state index contributed by atoms with van der Waals surface area (Å²) in [4.78, 5) is 17.8. The molecule has 0 radical (unpaired) electrons. The molecule has 5 heteroatoms. The van der Waals surface area contributed by atoms with Crippen molar-refractivity contribution in [3.05, 3.63) is 11.1 Å². The number of carbonyl (C=O) groups is 1. The molecule has 1 aromatic heterocycles. The van der Waals surface area contributed by atoms with Crippen LogP contribution >= 0.6 is 11.3 Å². The van der Waals surface area contributed by atoms with E-state index in [1.165, 1.54) is 4.88 Å². The van der Waals surface area contributed by atoms with E-state index in [0.717, 1.165) is 50.4 Å². The zero-order chi connectivity index (χ0) is 13.3. The molecule has 1 saturated heterocycles. The second-order valence-corrected chi connectivity index (χ2v) is 6.88. The molecule has 0 aromatic carbocycles. The van der Waals surface area contributed by atoms with Crippen LogP contribution in [0.2, 0.25) is 0 Å². The summed E-state index contributed by atoms with van der Waals surface area (Å²) in [5.41, 5.74) is -0.162. The highest BCUT2D eigenvalue weighted by Gasteiger charge is 2.39. The fraction of sp³-hybridized carbons (Fsp3) is 0.714. The maximum Gasteiger partial charge on any atom is 0.232 e. The first-order valence-electron chi connectivity index (χ1n) is 7.02. The lowest BCUT2D eigenvalue weighted by molar-refractivity contribution is -0.128. The summed E-state index contributed by atoms with van der Waals surface area (Å²) in [5.74, 6) is 0.683. The number of nitrogens with one attached hydrogen (secondary N) is 1. The first-order valence-corrected chi connectivity index (χ1v) is 7.84. The van der Waals surface area contributed by atoms with E-state index >= 15 is 0 Å². The van der Waals surface area contributed by atoms with Gasteiger partial charge in [-0.25, -0.2) is 4.98 Å². The summed E-state index contributed by atoms with van der Waals surface area (Å²) in [6.45, 7) is 3.71. The minimum atomic E-state index is -0.162. The normalized spacial score (nSPS) is 22.8. The van der Waals surface area contributed by atoms with E-state index in [4.69, 9.17) is 4.74 Å². The van der Waals surface area contributed by atoms with Crippen LogP contribution in [0.4, 0.5) is 5.13 Å². The standard InChI is InChI=1S/C14H20N2O2S/c1-14(5-2-6-14)12(17)16-13-15-9-11(19-13)10-3-7-18-8-4-10/h9-10H,2-8H2,1H3,(H,15,16,17). The average molecular weight is 280 g/mol. The molecular weight excluding hydrogens is 260 g/mol. The summed E-state index contributed by atoms with van der Waals surface area (Å²) in [6, 6.07) is 0. The van der Waals surface area contributed by atoms with Gasteiger partial charge in [0.1, 0.15) is 0 Å². The van der Waals surface area contributed by atoms with E-state index in [-0.39, 0.29) is 11.3 Å². The van der Waals surface area contributed by atoms with Gasteiger partial charge in [-0.3, -0.25) is 4.79 Å². The molecule has 3 rings (SSSR count). The largest absolute Gasteiger partial charge is 0.381 e. The highest BCUT2D eigenvalue weighted by molar-refractivity contribution is 7.15. The number of anilines is 1. The SMILES string of the molecule is CC1(C(=O)Nc2ncc(C3CCOCC3)s2)CCC1. The highest BCUT2D eigenvalue weighted by Crippen LogP contribution is 2.41. The maximum atomic E-state index is 12.1. The zero-order valence-corrected chi connectivity index (χ0v) is 12.1. The van der Waals surface area contributed by atoms with Gasteiger partial charge in [-0.1, -0.05) is 13.3 Å². The molecule has 0 spiro atoms. The number of hydrogen-bond donors (Lipinski definition) is 1. The van der Waals surface area contributed by atoms with Crippen molar-refractivity contribution in [3.8, 4) is 0 Å². The Morgan fingerprint density at radius 3 is 2.84 bits per heavy atom. The Labute approximate surface area is 117 Å². The molecule has 0 bridgehead atoms. The second kappa shape index (κ2) is 5.21. The van der Waals surface area contributed by atoms with Crippen LogP contribution in [0.5, 0.6) is 0 Å². The lowest BCUT2D eigenvalue weighted by Crippen LogP contribution is -2.39. The Hall–Kier alpha value is -0.940. The van der Waals surface area contributed by atoms with E-state index in [0.29, 0.717) is 5.92 Å². The summed E-state index contributed by atoms with van der Waals surface area (Å²) in [5, 5.41) is 3.73. The predicted molar refractivity (Wildman–Crippen MR) is 75.5 cm³/mol. The first-order chi connectivity index (χ1) is 9.17. The molecule has 1 aromatic rings. The highest BCUT2D eigenvalue weighted by atomic mass is 32.1.